The molecule has 1 rings (SSSR count). The zero-order chi connectivity index (χ0) is 13.4. The van der Waals surface area contributed by atoms with E-state index in [1.807, 2.05) is 0 Å². The number of hydrogen-bond donors (Lipinski definition) is 3. The van der Waals surface area contributed by atoms with E-state index in [0.717, 1.165) is 0 Å². The van der Waals surface area contributed by atoms with Crippen LogP contribution in [0.15, 0.2) is 24.3 Å². The Labute approximate surface area is 105 Å². The van der Waals surface area contributed by atoms with Gasteiger partial charge in [-0.1, -0.05) is 0 Å². The molecule has 1 aromatic rings. The van der Waals surface area contributed by atoms with Crippen molar-refractivity contribution in [3.05, 3.63) is 29.8 Å². The van der Waals surface area contributed by atoms with Crippen LogP contribution < -0.4 is 21.5 Å². The van der Waals surface area contributed by atoms with Gasteiger partial charge in [-0.25, -0.2) is 0 Å². The van der Waals surface area contributed by atoms with Gasteiger partial charge >= 0.3 is 0 Å². The molecule has 0 atom stereocenters. The Hall–Kier alpha value is -2.08. The molecule has 5 N–H and O–H groups in total. The number of ether oxygens (including phenoxy) is 1. The van der Waals surface area contributed by atoms with Gasteiger partial charge in [0.2, 0.25) is 11.8 Å². The fourth-order valence-electron chi connectivity index (χ4n) is 1.28. The number of nitrogens with two attached hydrogens (primary N) is 2. The molecule has 0 saturated carbocycles. The molecule has 2 amide bonds. The summed E-state index contributed by atoms with van der Waals surface area (Å²) in [6, 6.07) is 6.42. The largest absolute Gasteiger partial charge is 0.493 e. The molecular formula is C12H17N3O3. The average Bonchev–Trinajstić information content (AvgIpc) is 2.37. The van der Waals surface area contributed by atoms with E-state index < -0.39 is 5.91 Å². The van der Waals surface area contributed by atoms with Crippen LogP contribution in [0.5, 0.6) is 5.75 Å². The van der Waals surface area contributed by atoms with Crippen molar-refractivity contribution in [2.24, 2.45) is 11.5 Å². The number of benzene rings is 1. The number of carbonyl (C=O) groups is 2. The molecule has 0 aliphatic heterocycles. The number of hydrogen-bond acceptors (Lipinski definition) is 4. The van der Waals surface area contributed by atoms with Gasteiger partial charge < -0.3 is 21.5 Å². The molecule has 6 heteroatoms. The molecule has 0 radical (unpaired) electrons. The van der Waals surface area contributed by atoms with Crippen LogP contribution in [0.2, 0.25) is 0 Å². The Morgan fingerprint density at radius 3 is 2.44 bits per heavy atom. The topological polar surface area (TPSA) is 107 Å². The van der Waals surface area contributed by atoms with Gasteiger partial charge in [0, 0.05) is 18.7 Å². The smallest absolute Gasteiger partial charge is 0.248 e. The summed E-state index contributed by atoms with van der Waals surface area (Å²) in [4.78, 5) is 22.1. The Morgan fingerprint density at radius 1 is 1.22 bits per heavy atom. The maximum atomic E-state index is 11.2. The number of primary amides is 1. The van der Waals surface area contributed by atoms with E-state index in [-0.39, 0.29) is 18.9 Å². The lowest BCUT2D eigenvalue weighted by molar-refractivity contribution is -0.121. The molecule has 0 bridgehead atoms. The molecule has 1 aromatic carbocycles. The molecule has 0 spiro atoms. The summed E-state index contributed by atoms with van der Waals surface area (Å²) >= 11 is 0. The minimum absolute atomic E-state index is 0.103. The van der Waals surface area contributed by atoms with Crippen LogP contribution in [0.1, 0.15) is 16.8 Å². The quantitative estimate of drug-likeness (QED) is 0.614. The van der Waals surface area contributed by atoms with Crippen molar-refractivity contribution >= 4 is 11.8 Å². The van der Waals surface area contributed by atoms with Crippen LogP contribution in [0, 0.1) is 0 Å². The first-order valence-corrected chi connectivity index (χ1v) is 5.63. The van der Waals surface area contributed by atoms with E-state index in [2.05, 4.69) is 5.32 Å². The van der Waals surface area contributed by atoms with Crippen LogP contribution in [-0.2, 0) is 4.79 Å². The standard InChI is InChI=1S/C12H17N3O3/c13-6-7-15-11(16)5-8-18-10-3-1-9(2-4-10)12(14)17/h1-4H,5-8,13H2,(H2,14,17)(H,15,16). The van der Waals surface area contributed by atoms with Gasteiger partial charge in [-0.2, -0.15) is 0 Å². The fourth-order valence-corrected chi connectivity index (χ4v) is 1.28. The lowest BCUT2D eigenvalue weighted by Gasteiger charge is -2.06. The van der Waals surface area contributed by atoms with E-state index in [4.69, 9.17) is 16.2 Å². The summed E-state index contributed by atoms with van der Waals surface area (Å²) in [7, 11) is 0. The van der Waals surface area contributed by atoms with Gasteiger partial charge in [0.1, 0.15) is 5.75 Å². The van der Waals surface area contributed by atoms with Gasteiger partial charge in [-0.3, -0.25) is 9.59 Å². The van der Waals surface area contributed by atoms with E-state index in [9.17, 15) is 9.59 Å². The number of nitrogens with one attached hydrogen (secondary N) is 1. The molecule has 0 heterocycles. The molecular weight excluding hydrogens is 234 g/mol. The van der Waals surface area contributed by atoms with E-state index in [1.165, 1.54) is 0 Å². The summed E-state index contributed by atoms with van der Waals surface area (Å²) < 4.78 is 5.35. The van der Waals surface area contributed by atoms with Crippen molar-refractivity contribution in [2.75, 3.05) is 19.7 Å². The number of amides is 2. The molecule has 0 fully saturated rings. The summed E-state index contributed by atoms with van der Waals surface area (Å²) in [6.07, 6.45) is 0.261. The van der Waals surface area contributed by atoms with Gasteiger partial charge in [-0.05, 0) is 24.3 Å². The van der Waals surface area contributed by atoms with Crippen LogP contribution in [-0.4, -0.2) is 31.5 Å². The predicted octanol–water partition coefficient (Wildman–Crippen LogP) is -0.371. The van der Waals surface area contributed by atoms with Crippen molar-refractivity contribution in [1.29, 1.82) is 0 Å². The molecule has 0 aromatic heterocycles. The molecule has 0 aliphatic rings. The van der Waals surface area contributed by atoms with Crippen molar-refractivity contribution < 1.29 is 14.3 Å². The average molecular weight is 251 g/mol. The maximum Gasteiger partial charge on any atom is 0.248 e. The van der Waals surface area contributed by atoms with Crippen LogP contribution in [0.4, 0.5) is 0 Å². The Morgan fingerprint density at radius 2 is 1.89 bits per heavy atom. The third-order valence-corrected chi connectivity index (χ3v) is 2.20. The van der Waals surface area contributed by atoms with Crippen molar-refractivity contribution in [3.8, 4) is 5.75 Å². The highest BCUT2D eigenvalue weighted by Crippen LogP contribution is 2.11. The minimum atomic E-state index is -0.484. The maximum absolute atomic E-state index is 11.2. The second kappa shape index (κ2) is 7.29. The minimum Gasteiger partial charge on any atom is -0.493 e. The zero-order valence-corrected chi connectivity index (χ0v) is 10.0. The van der Waals surface area contributed by atoms with E-state index >= 15 is 0 Å². The number of rotatable bonds is 7. The molecule has 0 unspecified atom stereocenters. The summed E-state index contributed by atoms with van der Waals surface area (Å²) in [5, 5.41) is 2.64. The van der Waals surface area contributed by atoms with Gasteiger partial charge in [0.05, 0.1) is 13.0 Å². The van der Waals surface area contributed by atoms with Gasteiger partial charge in [0.25, 0.3) is 0 Å². The van der Waals surface area contributed by atoms with Crippen LogP contribution in [0.25, 0.3) is 0 Å². The van der Waals surface area contributed by atoms with Crippen LogP contribution in [0.3, 0.4) is 0 Å². The van der Waals surface area contributed by atoms with E-state index in [1.54, 1.807) is 24.3 Å². The lowest BCUT2D eigenvalue weighted by Crippen LogP contribution is -2.29. The predicted molar refractivity (Wildman–Crippen MR) is 67.1 cm³/mol. The van der Waals surface area contributed by atoms with Crippen molar-refractivity contribution in [1.82, 2.24) is 5.32 Å². The van der Waals surface area contributed by atoms with Gasteiger partial charge in [0.15, 0.2) is 0 Å². The monoisotopic (exact) mass is 251 g/mol. The first kappa shape index (κ1) is 14.0. The summed E-state index contributed by atoms with van der Waals surface area (Å²) in [5.74, 6) is 0.00328. The summed E-state index contributed by atoms with van der Waals surface area (Å²) in [5.41, 5.74) is 10.8. The third kappa shape index (κ3) is 4.84. The van der Waals surface area contributed by atoms with E-state index in [0.29, 0.717) is 24.4 Å². The van der Waals surface area contributed by atoms with Gasteiger partial charge in [-0.15, -0.1) is 0 Å². The highest BCUT2D eigenvalue weighted by molar-refractivity contribution is 5.92. The van der Waals surface area contributed by atoms with Crippen LogP contribution >= 0.6 is 0 Å². The number of carbonyl (C=O) groups excluding carboxylic acids is 2. The van der Waals surface area contributed by atoms with Crippen molar-refractivity contribution in [2.45, 2.75) is 6.42 Å². The summed E-state index contributed by atoms with van der Waals surface area (Å²) in [6.45, 7) is 1.15. The molecule has 98 valence electrons. The fraction of sp³-hybridized carbons (Fsp3) is 0.333. The Balaban J connectivity index is 2.31. The second-order valence-corrected chi connectivity index (χ2v) is 3.63. The normalized spacial score (nSPS) is 9.83. The Bertz CT molecular complexity index is 404. The highest BCUT2D eigenvalue weighted by atomic mass is 16.5. The highest BCUT2D eigenvalue weighted by Gasteiger charge is 2.02. The second-order valence-electron chi connectivity index (χ2n) is 3.63. The van der Waals surface area contributed by atoms with Crippen molar-refractivity contribution in [3.63, 3.8) is 0 Å². The SMILES string of the molecule is NCCNC(=O)CCOc1ccc(C(N)=O)cc1. The first-order valence-electron chi connectivity index (χ1n) is 5.63. The Kier molecular flexibility index (Phi) is 5.66. The molecule has 6 nitrogen and oxygen atoms in total. The zero-order valence-electron chi connectivity index (χ0n) is 10.0. The molecule has 18 heavy (non-hydrogen) atoms. The third-order valence-electron chi connectivity index (χ3n) is 2.20. The lowest BCUT2D eigenvalue weighted by atomic mass is 10.2. The molecule has 0 saturated heterocycles. The molecule has 0 aliphatic carbocycles. The first-order chi connectivity index (χ1) is 8.63.